The number of piperidine rings is 1. The summed E-state index contributed by atoms with van der Waals surface area (Å²) in [6, 6.07) is 9.39. The van der Waals surface area contributed by atoms with Crippen molar-refractivity contribution in [3.05, 3.63) is 29.8 Å². The van der Waals surface area contributed by atoms with Crippen LogP contribution in [0.15, 0.2) is 24.3 Å². The van der Waals surface area contributed by atoms with Crippen LogP contribution in [0.25, 0.3) is 0 Å². The highest BCUT2D eigenvalue weighted by Gasteiger charge is 2.43. The van der Waals surface area contributed by atoms with Gasteiger partial charge in [0.2, 0.25) is 5.91 Å². The van der Waals surface area contributed by atoms with E-state index >= 15 is 0 Å². The highest BCUT2D eigenvalue weighted by atomic mass is 16.2. The minimum Gasteiger partial charge on any atom is -0.317 e. The smallest absolute Gasteiger partial charge is 0.227 e. The summed E-state index contributed by atoms with van der Waals surface area (Å²) >= 11 is 0. The third-order valence-corrected chi connectivity index (χ3v) is 4.29. The minimum atomic E-state index is 0.163. The molecule has 2 heterocycles. The number of nitrogens with one attached hydrogen (secondary N) is 1. The number of anilines is 1. The van der Waals surface area contributed by atoms with Crippen molar-refractivity contribution in [2.24, 2.45) is 5.41 Å². The lowest BCUT2D eigenvalue weighted by molar-refractivity contribution is -0.117. The quantitative estimate of drug-likeness (QED) is 0.830. The molecule has 4 heteroatoms. The first-order valence-electron chi connectivity index (χ1n) is 6.74. The Balaban J connectivity index is 1.81. The molecule has 1 aromatic carbocycles. The Bertz CT molecular complexity index is 523. The lowest BCUT2D eigenvalue weighted by Crippen LogP contribution is -2.38. The van der Waals surface area contributed by atoms with Gasteiger partial charge < -0.3 is 10.2 Å². The molecule has 3 rings (SSSR count). The Kier molecular flexibility index (Phi) is 3.00. The summed E-state index contributed by atoms with van der Waals surface area (Å²) in [5.74, 6) is 0.214. The summed E-state index contributed by atoms with van der Waals surface area (Å²) in [5, 5.41) is 12.2. The molecule has 0 unspecified atom stereocenters. The summed E-state index contributed by atoms with van der Waals surface area (Å²) in [7, 11) is 0. The highest BCUT2D eigenvalue weighted by Crippen LogP contribution is 2.41. The molecule has 2 saturated heterocycles. The van der Waals surface area contributed by atoms with Crippen LogP contribution in [0.2, 0.25) is 0 Å². The minimum absolute atomic E-state index is 0.163. The molecular formula is C15H17N3O. The van der Waals surface area contributed by atoms with Gasteiger partial charge in [-0.1, -0.05) is 0 Å². The van der Waals surface area contributed by atoms with E-state index in [1.165, 1.54) is 0 Å². The molecule has 0 saturated carbocycles. The van der Waals surface area contributed by atoms with Gasteiger partial charge in [-0.3, -0.25) is 4.79 Å². The normalized spacial score (nSPS) is 21.6. The number of amides is 1. The summed E-state index contributed by atoms with van der Waals surface area (Å²) in [4.78, 5) is 14.1. The van der Waals surface area contributed by atoms with Crippen molar-refractivity contribution in [3.63, 3.8) is 0 Å². The molecular weight excluding hydrogens is 238 g/mol. The zero-order valence-corrected chi connectivity index (χ0v) is 10.9. The van der Waals surface area contributed by atoms with E-state index in [9.17, 15) is 4.79 Å². The van der Waals surface area contributed by atoms with Crippen LogP contribution in [0.3, 0.4) is 0 Å². The van der Waals surface area contributed by atoms with E-state index in [4.69, 9.17) is 5.26 Å². The largest absolute Gasteiger partial charge is 0.317 e. The average Bonchev–Trinajstić information content (AvgIpc) is 2.76. The number of carbonyl (C=O) groups is 1. The molecule has 0 aromatic heterocycles. The molecule has 98 valence electrons. The van der Waals surface area contributed by atoms with Crippen LogP contribution < -0.4 is 10.2 Å². The molecule has 1 spiro atoms. The number of nitrogens with zero attached hydrogens (tertiary/aromatic N) is 2. The van der Waals surface area contributed by atoms with Crippen molar-refractivity contribution < 1.29 is 4.79 Å². The molecule has 19 heavy (non-hydrogen) atoms. The van der Waals surface area contributed by atoms with E-state index in [1.807, 2.05) is 17.0 Å². The summed E-state index contributed by atoms with van der Waals surface area (Å²) in [6.45, 7) is 2.84. The van der Waals surface area contributed by atoms with Gasteiger partial charge in [0.25, 0.3) is 0 Å². The van der Waals surface area contributed by atoms with Gasteiger partial charge in [0.1, 0.15) is 0 Å². The maximum atomic E-state index is 12.2. The molecule has 0 aliphatic carbocycles. The lowest BCUT2D eigenvalue weighted by atomic mass is 9.78. The molecule has 1 N–H and O–H groups in total. The van der Waals surface area contributed by atoms with E-state index in [-0.39, 0.29) is 11.3 Å². The molecule has 4 nitrogen and oxygen atoms in total. The second-order valence-electron chi connectivity index (χ2n) is 5.57. The summed E-state index contributed by atoms with van der Waals surface area (Å²) < 4.78 is 0. The lowest BCUT2D eigenvalue weighted by Gasteiger charge is -2.33. The van der Waals surface area contributed by atoms with Gasteiger partial charge in [-0.15, -0.1) is 0 Å². The number of benzene rings is 1. The second kappa shape index (κ2) is 4.67. The van der Waals surface area contributed by atoms with Crippen molar-refractivity contribution >= 4 is 11.6 Å². The molecule has 2 fully saturated rings. The Hall–Kier alpha value is -1.86. The van der Waals surface area contributed by atoms with E-state index in [1.54, 1.807) is 12.1 Å². The first-order chi connectivity index (χ1) is 9.22. The number of carbonyl (C=O) groups excluding carboxylic acids is 1. The van der Waals surface area contributed by atoms with E-state index in [0.29, 0.717) is 12.0 Å². The Morgan fingerprint density at radius 3 is 2.53 bits per heavy atom. The SMILES string of the molecule is N#Cc1ccc(N2CC3(CCNCC3)CC2=O)cc1. The Labute approximate surface area is 113 Å². The van der Waals surface area contributed by atoms with Crippen LogP contribution >= 0.6 is 0 Å². The van der Waals surface area contributed by atoms with E-state index in [0.717, 1.165) is 38.2 Å². The molecule has 2 aliphatic rings. The maximum Gasteiger partial charge on any atom is 0.227 e. The summed E-state index contributed by atoms with van der Waals surface area (Å²) in [5.41, 5.74) is 1.71. The standard InChI is InChI=1S/C15H17N3O/c16-10-12-1-3-13(4-2-12)18-11-15(9-14(18)19)5-7-17-8-6-15/h1-4,17H,5-9,11H2. The fourth-order valence-electron chi connectivity index (χ4n) is 3.14. The van der Waals surface area contributed by atoms with Crippen molar-refractivity contribution in [3.8, 4) is 6.07 Å². The second-order valence-corrected chi connectivity index (χ2v) is 5.57. The molecule has 1 amide bonds. The van der Waals surface area contributed by atoms with Crippen molar-refractivity contribution in [1.29, 1.82) is 5.26 Å². The monoisotopic (exact) mass is 255 g/mol. The van der Waals surface area contributed by atoms with E-state index < -0.39 is 0 Å². The number of nitriles is 1. The molecule has 1 aromatic rings. The average molecular weight is 255 g/mol. The predicted molar refractivity (Wildman–Crippen MR) is 72.7 cm³/mol. The van der Waals surface area contributed by atoms with Gasteiger partial charge in [0.05, 0.1) is 11.6 Å². The maximum absolute atomic E-state index is 12.2. The fourth-order valence-corrected chi connectivity index (χ4v) is 3.14. The zero-order valence-electron chi connectivity index (χ0n) is 10.9. The molecule has 0 radical (unpaired) electrons. The topological polar surface area (TPSA) is 56.1 Å². The van der Waals surface area contributed by atoms with Gasteiger partial charge in [0.15, 0.2) is 0 Å². The molecule has 2 aliphatic heterocycles. The van der Waals surface area contributed by atoms with Crippen LogP contribution in [0, 0.1) is 16.7 Å². The number of rotatable bonds is 1. The van der Waals surface area contributed by atoms with Gasteiger partial charge in [0, 0.05) is 18.7 Å². The van der Waals surface area contributed by atoms with Crippen LogP contribution in [0.4, 0.5) is 5.69 Å². The predicted octanol–water partition coefficient (Wildman–Crippen LogP) is 1.66. The van der Waals surface area contributed by atoms with Crippen molar-refractivity contribution in [1.82, 2.24) is 5.32 Å². The van der Waals surface area contributed by atoms with Crippen LogP contribution in [0.1, 0.15) is 24.8 Å². The number of hydrogen-bond donors (Lipinski definition) is 1. The Morgan fingerprint density at radius 1 is 1.21 bits per heavy atom. The molecule has 0 bridgehead atoms. The fraction of sp³-hybridized carbons (Fsp3) is 0.467. The molecule has 0 atom stereocenters. The third-order valence-electron chi connectivity index (χ3n) is 4.29. The van der Waals surface area contributed by atoms with Gasteiger partial charge in [-0.2, -0.15) is 5.26 Å². The zero-order chi connectivity index (χ0) is 13.3. The van der Waals surface area contributed by atoms with Gasteiger partial charge >= 0.3 is 0 Å². The van der Waals surface area contributed by atoms with Crippen LogP contribution in [0.5, 0.6) is 0 Å². The van der Waals surface area contributed by atoms with Crippen molar-refractivity contribution in [2.45, 2.75) is 19.3 Å². The first-order valence-corrected chi connectivity index (χ1v) is 6.74. The first kappa shape index (κ1) is 12.2. The van der Waals surface area contributed by atoms with Gasteiger partial charge in [-0.05, 0) is 55.6 Å². The van der Waals surface area contributed by atoms with Gasteiger partial charge in [-0.25, -0.2) is 0 Å². The van der Waals surface area contributed by atoms with Crippen molar-refractivity contribution in [2.75, 3.05) is 24.5 Å². The van der Waals surface area contributed by atoms with E-state index in [2.05, 4.69) is 11.4 Å². The van der Waals surface area contributed by atoms with Crippen LogP contribution in [-0.2, 0) is 4.79 Å². The number of hydrogen-bond acceptors (Lipinski definition) is 3. The third kappa shape index (κ3) is 2.22. The Morgan fingerprint density at radius 2 is 1.89 bits per heavy atom. The highest BCUT2D eigenvalue weighted by molar-refractivity contribution is 5.96. The van der Waals surface area contributed by atoms with Crippen LogP contribution in [-0.4, -0.2) is 25.5 Å². The summed E-state index contributed by atoms with van der Waals surface area (Å²) in [6.07, 6.45) is 2.81.